The molecule has 0 amide bonds. The van der Waals surface area contributed by atoms with Crippen molar-refractivity contribution in [2.24, 2.45) is 0 Å². The molecule has 0 saturated heterocycles. The van der Waals surface area contributed by atoms with E-state index in [1.165, 1.54) is 12.4 Å². The number of H-pyrrole nitrogens is 2. The third-order valence-corrected chi connectivity index (χ3v) is 3.09. The van der Waals surface area contributed by atoms with Crippen molar-refractivity contribution in [3.05, 3.63) is 34.4 Å². The van der Waals surface area contributed by atoms with Crippen molar-refractivity contribution in [3.8, 4) is 0 Å². The molecule has 1 aliphatic carbocycles. The van der Waals surface area contributed by atoms with E-state index in [0.29, 0.717) is 11.7 Å². The molecule has 0 bridgehead atoms. The molecule has 1 aliphatic rings. The van der Waals surface area contributed by atoms with Crippen molar-refractivity contribution < 1.29 is 0 Å². The number of anilines is 1. The second-order valence-electron chi connectivity index (χ2n) is 4.75. The Bertz CT molecular complexity index is 587. The van der Waals surface area contributed by atoms with E-state index in [1.54, 1.807) is 0 Å². The summed E-state index contributed by atoms with van der Waals surface area (Å²) in [5.74, 6) is 2.79. The second kappa shape index (κ2) is 5.21. The molecule has 0 unspecified atom stereocenters. The molecule has 2 aromatic rings. The number of rotatable bonds is 6. The van der Waals surface area contributed by atoms with Gasteiger partial charge < -0.3 is 10.3 Å². The van der Waals surface area contributed by atoms with Gasteiger partial charge in [0.1, 0.15) is 23.8 Å². The van der Waals surface area contributed by atoms with E-state index in [2.05, 4.69) is 30.5 Å². The van der Waals surface area contributed by atoms with Crippen molar-refractivity contribution >= 4 is 5.82 Å². The zero-order chi connectivity index (χ0) is 13.1. The minimum Gasteiger partial charge on any atom is -0.370 e. The van der Waals surface area contributed by atoms with Gasteiger partial charge in [-0.05, 0) is 19.3 Å². The standard InChI is InChI=1S/C12H16N6O/c19-11-6-10(16-12(17-11)8-3-4-8)13-5-1-2-9-14-7-15-18-9/h6-8H,1-5H2,(H,14,15,18)(H2,13,16,17,19). The van der Waals surface area contributed by atoms with Gasteiger partial charge in [-0.15, -0.1) is 0 Å². The highest BCUT2D eigenvalue weighted by Gasteiger charge is 2.26. The quantitative estimate of drug-likeness (QED) is 0.667. The van der Waals surface area contributed by atoms with Crippen LogP contribution in [-0.2, 0) is 6.42 Å². The van der Waals surface area contributed by atoms with Gasteiger partial charge in [0.15, 0.2) is 0 Å². The lowest BCUT2D eigenvalue weighted by atomic mass is 10.3. The van der Waals surface area contributed by atoms with E-state index >= 15 is 0 Å². The van der Waals surface area contributed by atoms with Crippen LogP contribution in [0.15, 0.2) is 17.2 Å². The SMILES string of the molecule is O=c1cc(NCCCc2ncn[nH]2)nc(C2CC2)[nH]1. The van der Waals surface area contributed by atoms with Gasteiger partial charge >= 0.3 is 0 Å². The highest BCUT2D eigenvalue weighted by molar-refractivity contribution is 5.33. The van der Waals surface area contributed by atoms with Crippen molar-refractivity contribution in [2.45, 2.75) is 31.6 Å². The summed E-state index contributed by atoms with van der Waals surface area (Å²) in [5.41, 5.74) is -0.0883. The molecule has 0 spiro atoms. The number of hydrogen-bond acceptors (Lipinski definition) is 5. The molecule has 0 radical (unpaired) electrons. The number of nitrogens with zero attached hydrogens (tertiary/aromatic N) is 3. The van der Waals surface area contributed by atoms with Gasteiger partial charge in [-0.3, -0.25) is 9.89 Å². The average molecular weight is 260 g/mol. The van der Waals surface area contributed by atoms with Gasteiger partial charge in [-0.25, -0.2) is 9.97 Å². The van der Waals surface area contributed by atoms with Crippen molar-refractivity contribution in [1.29, 1.82) is 0 Å². The van der Waals surface area contributed by atoms with E-state index < -0.39 is 0 Å². The fraction of sp³-hybridized carbons (Fsp3) is 0.500. The van der Waals surface area contributed by atoms with Gasteiger partial charge in [-0.1, -0.05) is 0 Å². The Morgan fingerprint density at radius 1 is 1.42 bits per heavy atom. The summed E-state index contributed by atoms with van der Waals surface area (Å²) in [4.78, 5) is 22.8. The van der Waals surface area contributed by atoms with Gasteiger partial charge in [0.25, 0.3) is 5.56 Å². The van der Waals surface area contributed by atoms with Crippen molar-refractivity contribution in [2.75, 3.05) is 11.9 Å². The first kappa shape index (κ1) is 11.9. The zero-order valence-corrected chi connectivity index (χ0v) is 10.5. The zero-order valence-electron chi connectivity index (χ0n) is 10.5. The van der Waals surface area contributed by atoms with Crippen LogP contribution in [0.3, 0.4) is 0 Å². The highest BCUT2D eigenvalue weighted by Crippen LogP contribution is 2.37. The Balaban J connectivity index is 1.53. The highest BCUT2D eigenvalue weighted by atomic mass is 16.1. The Hall–Kier alpha value is -2.18. The van der Waals surface area contributed by atoms with Crippen LogP contribution in [0, 0.1) is 0 Å². The molecule has 0 atom stereocenters. The molecular weight excluding hydrogens is 244 g/mol. The summed E-state index contributed by atoms with van der Waals surface area (Å²) in [6.45, 7) is 0.751. The molecule has 1 saturated carbocycles. The third-order valence-electron chi connectivity index (χ3n) is 3.09. The Labute approximate surface area is 109 Å². The number of hydrogen-bond donors (Lipinski definition) is 3. The summed E-state index contributed by atoms with van der Waals surface area (Å²) < 4.78 is 0. The molecule has 100 valence electrons. The van der Waals surface area contributed by atoms with Crippen LogP contribution in [0.2, 0.25) is 0 Å². The Kier molecular flexibility index (Phi) is 3.26. The monoisotopic (exact) mass is 260 g/mol. The third kappa shape index (κ3) is 3.18. The molecule has 7 nitrogen and oxygen atoms in total. The minimum atomic E-state index is -0.0883. The first-order chi connectivity index (χ1) is 9.31. The summed E-state index contributed by atoms with van der Waals surface area (Å²) in [6.07, 6.45) is 5.48. The van der Waals surface area contributed by atoms with Crippen LogP contribution in [0.25, 0.3) is 0 Å². The second-order valence-corrected chi connectivity index (χ2v) is 4.75. The molecular formula is C12H16N6O. The Morgan fingerprint density at radius 2 is 2.32 bits per heavy atom. The number of aromatic amines is 2. The molecule has 0 aliphatic heterocycles. The average Bonchev–Trinajstić information content (AvgIpc) is 3.12. The maximum absolute atomic E-state index is 11.5. The lowest BCUT2D eigenvalue weighted by Gasteiger charge is -2.06. The van der Waals surface area contributed by atoms with Crippen LogP contribution in [-0.4, -0.2) is 31.7 Å². The van der Waals surface area contributed by atoms with E-state index in [4.69, 9.17) is 0 Å². The van der Waals surface area contributed by atoms with Crippen molar-refractivity contribution in [1.82, 2.24) is 25.1 Å². The van der Waals surface area contributed by atoms with E-state index in [9.17, 15) is 4.79 Å². The molecule has 2 aromatic heterocycles. The lowest BCUT2D eigenvalue weighted by Crippen LogP contribution is -2.14. The summed E-state index contributed by atoms with van der Waals surface area (Å²) in [7, 11) is 0. The smallest absolute Gasteiger partial charge is 0.252 e. The topological polar surface area (TPSA) is 99.3 Å². The predicted octanol–water partition coefficient (Wildman–Crippen LogP) is 0.810. The summed E-state index contributed by atoms with van der Waals surface area (Å²) >= 11 is 0. The number of aryl methyl sites for hydroxylation is 1. The van der Waals surface area contributed by atoms with Crippen LogP contribution >= 0.6 is 0 Å². The Morgan fingerprint density at radius 3 is 3.05 bits per heavy atom. The van der Waals surface area contributed by atoms with Gasteiger partial charge in [0.05, 0.1) is 0 Å². The van der Waals surface area contributed by atoms with E-state index in [0.717, 1.165) is 43.9 Å². The molecule has 3 rings (SSSR count). The van der Waals surface area contributed by atoms with Crippen molar-refractivity contribution in [3.63, 3.8) is 0 Å². The predicted molar refractivity (Wildman–Crippen MR) is 70.0 cm³/mol. The first-order valence-electron chi connectivity index (χ1n) is 6.50. The summed E-state index contributed by atoms with van der Waals surface area (Å²) in [6, 6.07) is 1.50. The van der Waals surface area contributed by atoms with Gasteiger partial charge in [0, 0.05) is 24.9 Å². The van der Waals surface area contributed by atoms with Gasteiger partial charge in [0.2, 0.25) is 0 Å². The van der Waals surface area contributed by atoms with Crippen LogP contribution in [0.4, 0.5) is 5.82 Å². The minimum absolute atomic E-state index is 0.0883. The molecule has 19 heavy (non-hydrogen) atoms. The molecule has 1 fully saturated rings. The first-order valence-corrected chi connectivity index (χ1v) is 6.50. The fourth-order valence-electron chi connectivity index (χ4n) is 1.94. The molecule has 0 aromatic carbocycles. The summed E-state index contributed by atoms with van der Waals surface area (Å²) in [5, 5.41) is 9.79. The number of aromatic nitrogens is 5. The maximum Gasteiger partial charge on any atom is 0.252 e. The van der Waals surface area contributed by atoms with Crippen LogP contribution in [0.5, 0.6) is 0 Å². The lowest BCUT2D eigenvalue weighted by molar-refractivity contribution is 0.800. The van der Waals surface area contributed by atoms with E-state index in [-0.39, 0.29) is 5.56 Å². The van der Waals surface area contributed by atoms with Crippen LogP contribution in [0.1, 0.15) is 36.8 Å². The number of nitrogens with one attached hydrogen (secondary N) is 3. The molecule has 7 heteroatoms. The largest absolute Gasteiger partial charge is 0.370 e. The fourth-order valence-corrected chi connectivity index (χ4v) is 1.94. The maximum atomic E-state index is 11.5. The van der Waals surface area contributed by atoms with Gasteiger partial charge in [-0.2, -0.15) is 5.10 Å². The molecule has 2 heterocycles. The normalized spacial score (nSPS) is 14.5. The van der Waals surface area contributed by atoms with Crippen LogP contribution < -0.4 is 10.9 Å². The molecule has 3 N–H and O–H groups in total. The van der Waals surface area contributed by atoms with E-state index in [1.807, 2.05) is 0 Å².